The number of carbonyl (C=O) groups is 2. The Bertz CT molecular complexity index is 721. The Morgan fingerprint density at radius 1 is 1.33 bits per heavy atom. The Labute approximate surface area is 145 Å². The Balaban J connectivity index is 1.55. The molecule has 3 heterocycles. The first-order valence-electron chi connectivity index (χ1n) is 8.24. The van der Waals surface area contributed by atoms with Crippen molar-refractivity contribution < 1.29 is 9.59 Å². The highest BCUT2D eigenvalue weighted by atomic mass is 32.1. The van der Waals surface area contributed by atoms with Gasteiger partial charge in [-0.05, 0) is 37.8 Å². The standard InChI is InChI=1S/C17H20N4O2S/c1-19-8-14(22)21(13-2-7-24-9-13)12-17(19)5-6-20(11-17)15(23)16(10-18)3-4-16/h2,7,9H,3-6,8,11-12H2,1H3/t17-/m0/s1. The van der Waals surface area contributed by atoms with E-state index in [0.717, 1.165) is 12.1 Å². The number of amides is 2. The molecule has 1 aromatic heterocycles. The summed E-state index contributed by atoms with van der Waals surface area (Å²) in [4.78, 5) is 30.9. The second-order valence-electron chi connectivity index (χ2n) is 7.21. The molecule has 1 spiro atoms. The first-order valence-corrected chi connectivity index (χ1v) is 9.18. The SMILES string of the molecule is CN1CC(=O)N(c2ccsc2)C[C@@]12CCN(C(=O)C1(C#N)CC1)C2. The van der Waals surface area contributed by atoms with Gasteiger partial charge >= 0.3 is 0 Å². The molecule has 0 aromatic carbocycles. The van der Waals surface area contributed by atoms with Gasteiger partial charge in [-0.15, -0.1) is 0 Å². The number of hydrogen-bond donors (Lipinski definition) is 0. The fourth-order valence-corrected chi connectivity index (χ4v) is 4.52. The van der Waals surface area contributed by atoms with Gasteiger partial charge in [0.2, 0.25) is 11.8 Å². The largest absolute Gasteiger partial charge is 0.339 e. The molecule has 1 atom stereocenters. The van der Waals surface area contributed by atoms with Crippen LogP contribution in [0.3, 0.4) is 0 Å². The molecule has 2 aliphatic heterocycles. The third-order valence-electron chi connectivity index (χ3n) is 5.75. The van der Waals surface area contributed by atoms with Gasteiger partial charge in [-0.3, -0.25) is 14.5 Å². The number of carbonyl (C=O) groups excluding carboxylic acids is 2. The summed E-state index contributed by atoms with van der Waals surface area (Å²) in [6.07, 6.45) is 2.20. The number of thiophene rings is 1. The van der Waals surface area contributed by atoms with Gasteiger partial charge in [0.1, 0.15) is 5.41 Å². The molecule has 0 bridgehead atoms. The summed E-state index contributed by atoms with van der Waals surface area (Å²) in [5.41, 5.74) is -0.0310. The lowest BCUT2D eigenvalue weighted by atomic mass is 9.92. The van der Waals surface area contributed by atoms with Crippen molar-refractivity contribution in [3.8, 4) is 6.07 Å². The maximum absolute atomic E-state index is 12.7. The van der Waals surface area contributed by atoms with Gasteiger partial charge in [-0.25, -0.2) is 0 Å². The van der Waals surface area contributed by atoms with Gasteiger partial charge < -0.3 is 9.80 Å². The minimum atomic E-state index is -0.762. The second kappa shape index (κ2) is 5.30. The number of anilines is 1. The van der Waals surface area contributed by atoms with E-state index in [1.165, 1.54) is 0 Å². The first-order chi connectivity index (χ1) is 11.5. The molecule has 1 saturated carbocycles. The first kappa shape index (κ1) is 15.6. The second-order valence-corrected chi connectivity index (χ2v) is 7.99. The monoisotopic (exact) mass is 344 g/mol. The normalized spacial score (nSPS) is 29.1. The molecule has 0 unspecified atom stereocenters. The van der Waals surface area contributed by atoms with Gasteiger partial charge in [0.05, 0.1) is 23.8 Å². The van der Waals surface area contributed by atoms with E-state index < -0.39 is 5.41 Å². The van der Waals surface area contributed by atoms with Crippen molar-refractivity contribution in [1.82, 2.24) is 9.80 Å². The number of nitrogens with zero attached hydrogens (tertiary/aromatic N) is 4. The van der Waals surface area contributed by atoms with E-state index in [9.17, 15) is 14.9 Å². The molecule has 6 nitrogen and oxygen atoms in total. The molecule has 24 heavy (non-hydrogen) atoms. The lowest BCUT2D eigenvalue weighted by molar-refractivity contribution is -0.134. The fraction of sp³-hybridized carbons (Fsp3) is 0.588. The molecule has 7 heteroatoms. The topological polar surface area (TPSA) is 67.7 Å². The van der Waals surface area contributed by atoms with E-state index in [0.29, 0.717) is 39.0 Å². The van der Waals surface area contributed by atoms with Gasteiger partial charge in [0.15, 0.2) is 0 Å². The summed E-state index contributed by atoms with van der Waals surface area (Å²) >= 11 is 1.58. The van der Waals surface area contributed by atoms with Crippen molar-refractivity contribution in [3.63, 3.8) is 0 Å². The number of likely N-dealkylation sites (N-methyl/N-ethyl adjacent to an activating group) is 1. The quantitative estimate of drug-likeness (QED) is 0.811. The van der Waals surface area contributed by atoms with Gasteiger partial charge in [0, 0.05) is 25.0 Å². The molecular formula is C17H20N4O2S. The summed E-state index contributed by atoms with van der Waals surface area (Å²) in [6, 6.07) is 4.17. The third-order valence-corrected chi connectivity index (χ3v) is 6.42. The summed E-state index contributed by atoms with van der Waals surface area (Å²) in [5, 5.41) is 13.2. The molecule has 2 saturated heterocycles. The lowest BCUT2D eigenvalue weighted by Crippen LogP contribution is -2.64. The average molecular weight is 344 g/mol. The van der Waals surface area contributed by atoms with Crippen molar-refractivity contribution >= 4 is 28.8 Å². The molecule has 1 aliphatic carbocycles. The molecular weight excluding hydrogens is 324 g/mol. The molecule has 3 fully saturated rings. The summed E-state index contributed by atoms with van der Waals surface area (Å²) in [7, 11) is 1.97. The van der Waals surface area contributed by atoms with Crippen molar-refractivity contribution in [3.05, 3.63) is 16.8 Å². The van der Waals surface area contributed by atoms with Crippen LogP contribution in [0.5, 0.6) is 0 Å². The maximum atomic E-state index is 12.7. The number of likely N-dealkylation sites (tertiary alicyclic amines) is 1. The molecule has 0 N–H and O–H groups in total. The third kappa shape index (κ3) is 2.25. The Hall–Kier alpha value is -1.91. The van der Waals surface area contributed by atoms with Crippen molar-refractivity contribution in [1.29, 1.82) is 5.26 Å². The van der Waals surface area contributed by atoms with Gasteiger partial charge in [0.25, 0.3) is 0 Å². The van der Waals surface area contributed by atoms with Crippen LogP contribution in [0.25, 0.3) is 0 Å². The number of nitriles is 1. The van der Waals surface area contributed by atoms with E-state index in [-0.39, 0.29) is 17.4 Å². The van der Waals surface area contributed by atoms with Crippen LogP contribution in [-0.4, -0.2) is 60.4 Å². The molecule has 4 rings (SSSR count). The highest BCUT2D eigenvalue weighted by Gasteiger charge is 2.56. The van der Waals surface area contributed by atoms with E-state index in [4.69, 9.17) is 0 Å². The lowest BCUT2D eigenvalue weighted by Gasteiger charge is -2.46. The van der Waals surface area contributed by atoms with E-state index in [1.54, 1.807) is 11.3 Å². The van der Waals surface area contributed by atoms with Crippen LogP contribution in [-0.2, 0) is 9.59 Å². The van der Waals surface area contributed by atoms with Crippen LogP contribution < -0.4 is 4.90 Å². The number of piperazine rings is 1. The highest BCUT2D eigenvalue weighted by molar-refractivity contribution is 7.08. The zero-order valence-electron chi connectivity index (χ0n) is 13.7. The Morgan fingerprint density at radius 3 is 2.75 bits per heavy atom. The Kier molecular flexibility index (Phi) is 3.44. The van der Waals surface area contributed by atoms with Crippen molar-refractivity contribution in [2.45, 2.75) is 24.8 Å². The zero-order valence-corrected chi connectivity index (χ0v) is 14.5. The molecule has 1 aromatic rings. The maximum Gasteiger partial charge on any atom is 0.243 e. The summed E-state index contributed by atoms with van der Waals surface area (Å²) in [6.45, 7) is 2.22. The molecule has 3 aliphatic rings. The minimum Gasteiger partial charge on any atom is -0.339 e. The zero-order chi connectivity index (χ0) is 16.9. The molecule has 2 amide bonds. The van der Waals surface area contributed by atoms with Gasteiger partial charge in [-0.1, -0.05) is 0 Å². The summed E-state index contributed by atoms with van der Waals surface area (Å²) in [5.74, 6) is 0.0799. The smallest absolute Gasteiger partial charge is 0.243 e. The predicted octanol–water partition coefficient (Wildman–Crippen LogP) is 1.30. The predicted molar refractivity (Wildman–Crippen MR) is 90.5 cm³/mol. The van der Waals surface area contributed by atoms with Crippen LogP contribution in [0, 0.1) is 16.7 Å². The number of hydrogen-bond acceptors (Lipinski definition) is 5. The van der Waals surface area contributed by atoms with Crippen LogP contribution in [0.4, 0.5) is 5.69 Å². The minimum absolute atomic E-state index is 0.0192. The van der Waals surface area contributed by atoms with Crippen LogP contribution in [0.1, 0.15) is 19.3 Å². The fourth-order valence-electron chi connectivity index (χ4n) is 3.88. The summed E-state index contributed by atoms with van der Waals surface area (Å²) < 4.78 is 0. The van der Waals surface area contributed by atoms with E-state index >= 15 is 0 Å². The van der Waals surface area contributed by atoms with Crippen molar-refractivity contribution in [2.24, 2.45) is 5.41 Å². The molecule has 126 valence electrons. The van der Waals surface area contributed by atoms with E-state index in [1.807, 2.05) is 33.7 Å². The van der Waals surface area contributed by atoms with Crippen LogP contribution in [0.2, 0.25) is 0 Å². The van der Waals surface area contributed by atoms with Crippen molar-refractivity contribution in [2.75, 3.05) is 38.1 Å². The van der Waals surface area contributed by atoms with E-state index in [2.05, 4.69) is 11.0 Å². The molecule has 0 radical (unpaired) electrons. The highest BCUT2D eigenvalue weighted by Crippen LogP contribution is 2.48. The van der Waals surface area contributed by atoms with Crippen LogP contribution >= 0.6 is 11.3 Å². The Morgan fingerprint density at radius 2 is 2.12 bits per heavy atom. The number of rotatable bonds is 2. The average Bonchev–Trinajstić information content (AvgIpc) is 2.98. The van der Waals surface area contributed by atoms with Gasteiger partial charge in [-0.2, -0.15) is 16.6 Å². The van der Waals surface area contributed by atoms with Crippen LogP contribution in [0.15, 0.2) is 16.8 Å².